The third kappa shape index (κ3) is 3.97. The molecule has 2 aliphatic heterocycles. The number of rotatable bonds is 4. The van der Waals surface area contributed by atoms with Crippen molar-refractivity contribution in [2.45, 2.75) is 58.7 Å². The lowest BCUT2D eigenvalue weighted by Gasteiger charge is -2.37. The van der Waals surface area contributed by atoms with Crippen LogP contribution in [0.5, 0.6) is 0 Å². The molecule has 5 heterocycles. The molecule has 2 aliphatic rings. The SMILES string of the molecule is CCn1ncc(Cl)c1C(=O)N1CC(C)CC[C@H]1c1cc2nc(N3CC[C@H](N)C3)c(C)cn2n1. The van der Waals surface area contributed by atoms with Gasteiger partial charge in [0.15, 0.2) is 5.65 Å². The van der Waals surface area contributed by atoms with Gasteiger partial charge in [-0.2, -0.15) is 10.2 Å². The molecule has 0 aromatic carbocycles. The van der Waals surface area contributed by atoms with Crippen LogP contribution in [0.1, 0.15) is 60.9 Å². The van der Waals surface area contributed by atoms with E-state index in [2.05, 4.69) is 23.8 Å². The van der Waals surface area contributed by atoms with Crippen LogP contribution in [0, 0.1) is 12.8 Å². The Labute approximate surface area is 198 Å². The zero-order valence-corrected chi connectivity index (χ0v) is 20.2. The third-order valence-corrected chi connectivity index (χ3v) is 7.14. The smallest absolute Gasteiger partial charge is 0.274 e. The van der Waals surface area contributed by atoms with E-state index in [1.54, 1.807) is 10.9 Å². The number of hydrogen-bond donors (Lipinski definition) is 1. The average molecular weight is 471 g/mol. The number of aryl methyl sites for hydroxylation is 2. The molecule has 2 fully saturated rings. The number of nitrogens with two attached hydrogens (primary N) is 1. The Morgan fingerprint density at radius 3 is 2.82 bits per heavy atom. The molecule has 3 aromatic rings. The molecule has 0 bridgehead atoms. The lowest BCUT2D eigenvalue weighted by atomic mass is 9.92. The molecule has 0 radical (unpaired) electrons. The Hall–Kier alpha value is -2.65. The molecule has 1 unspecified atom stereocenters. The topological polar surface area (TPSA) is 97.6 Å². The molecular weight excluding hydrogens is 440 g/mol. The minimum absolute atomic E-state index is 0.0937. The largest absolute Gasteiger partial charge is 0.355 e. The number of amides is 1. The molecule has 2 N–H and O–H groups in total. The van der Waals surface area contributed by atoms with Crippen LogP contribution in [-0.2, 0) is 6.54 Å². The zero-order valence-electron chi connectivity index (χ0n) is 19.4. The fourth-order valence-corrected chi connectivity index (χ4v) is 5.34. The maximum atomic E-state index is 13.6. The summed E-state index contributed by atoms with van der Waals surface area (Å²) in [5.74, 6) is 1.28. The van der Waals surface area contributed by atoms with E-state index < -0.39 is 0 Å². The van der Waals surface area contributed by atoms with Crippen LogP contribution in [0.25, 0.3) is 5.65 Å². The molecule has 33 heavy (non-hydrogen) atoms. The van der Waals surface area contributed by atoms with Crippen molar-refractivity contribution in [3.8, 4) is 0 Å². The maximum Gasteiger partial charge on any atom is 0.274 e. The van der Waals surface area contributed by atoms with Gasteiger partial charge < -0.3 is 15.5 Å². The van der Waals surface area contributed by atoms with Crippen LogP contribution < -0.4 is 10.6 Å². The van der Waals surface area contributed by atoms with E-state index in [4.69, 9.17) is 27.4 Å². The molecule has 0 aliphatic carbocycles. The van der Waals surface area contributed by atoms with Crippen molar-refractivity contribution in [1.29, 1.82) is 0 Å². The summed E-state index contributed by atoms with van der Waals surface area (Å²) < 4.78 is 3.50. The summed E-state index contributed by atoms with van der Waals surface area (Å²) in [6.45, 7) is 9.17. The standard InChI is InChI=1S/C23H31ClN8O/c1-4-31-21(17(24)10-26-31)23(33)30-11-14(2)5-6-19(30)18-9-20-27-22(15(3)12-32(20)28-18)29-8-7-16(25)13-29/h9-10,12,14,16,19H,4-8,11,13,25H2,1-3H3/t14?,16-,19-/m0/s1. The first-order valence-electron chi connectivity index (χ1n) is 11.8. The summed E-state index contributed by atoms with van der Waals surface area (Å²) in [6.07, 6.45) is 6.43. The molecule has 10 heteroatoms. The van der Waals surface area contributed by atoms with Crippen molar-refractivity contribution < 1.29 is 4.79 Å². The highest BCUT2D eigenvalue weighted by Crippen LogP contribution is 2.35. The van der Waals surface area contributed by atoms with E-state index in [0.29, 0.717) is 29.7 Å². The van der Waals surface area contributed by atoms with Crippen LogP contribution in [0.4, 0.5) is 5.82 Å². The van der Waals surface area contributed by atoms with Crippen LogP contribution in [0.2, 0.25) is 5.02 Å². The van der Waals surface area contributed by atoms with Crippen molar-refractivity contribution in [2.75, 3.05) is 24.5 Å². The molecule has 5 rings (SSSR count). The van der Waals surface area contributed by atoms with E-state index in [-0.39, 0.29) is 18.0 Å². The fraction of sp³-hybridized carbons (Fsp3) is 0.565. The van der Waals surface area contributed by atoms with Gasteiger partial charge in [0.25, 0.3) is 5.91 Å². The summed E-state index contributed by atoms with van der Waals surface area (Å²) in [4.78, 5) is 22.7. The van der Waals surface area contributed by atoms with Gasteiger partial charge in [0.1, 0.15) is 11.5 Å². The predicted octanol–water partition coefficient (Wildman–Crippen LogP) is 3.06. The molecule has 0 saturated carbocycles. The second-order valence-electron chi connectivity index (χ2n) is 9.43. The highest BCUT2D eigenvalue weighted by Gasteiger charge is 2.35. The number of anilines is 1. The first-order valence-corrected chi connectivity index (χ1v) is 12.1. The molecule has 3 atom stereocenters. The highest BCUT2D eigenvalue weighted by atomic mass is 35.5. The molecular formula is C23H31ClN8O. The lowest BCUT2D eigenvalue weighted by Crippen LogP contribution is -2.42. The quantitative estimate of drug-likeness (QED) is 0.629. The predicted molar refractivity (Wildman–Crippen MR) is 128 cm³/mol. The van der Waals surface area contributed by atoms with Gasteiger partial charge in [0, 0.05) is 50.0 Å². The van der Waals surface area contributed by atoms with Gasteiger partial charge in [0.05, 0.1) is 23.0 Å². The van der Waals surface area contributed by atoms with E-state index in [1.165, 1.54) is 0 Å². The number of aromatic nitrogens is 5. The molecule has 0 spiro atoms. The second kappa shape index (κ2) is 8.61. The van der Waals surface area contributed by atoms with Crippen molar-refractivity contribution in [3.63, 3.8) is 0 Å². The van der Waals surface area contributed by atoms with E-state index in [9.17, 15) is 4.79 Å². The minimum Gasteiger partial charge on any atom is -0.355 e. The van der Waals surface area contributed by atoms with Crippen LogP contribution in [-0.4, -0.2) is 60.9 Å². The van der Waals surface area contributed by atoms with Crippen molar-refractivity contribution in [1.82, 2.24) is 29.3 Å². The van der Waals surface area contributed by atoms with Crippen LogP contribution in [0.15, 0.2) is 18.5 Å². The normalized spacial score (nSPS) is 23.6. The van der Waals surface area contributed by atoms with Gasteiger partial charge in [-0.25, -0.2) is 9.50 Å². The van der Waals surface area contributed by atoms with E-state index >= 15 is 0 Å². The summed E-state index contributed by atoms with van der Waals surface area (Å²) in [6, 6.07) is 2.07. The molecule has 176 valence electrons. The van der Waals surface area contributed by atoms with Gasteiger partial charge in [-0.3, -0.25) is 9.48 Å². The van der Waals surface area contributed by atoms with E-state index in [1.807, 2.05) is 28.6 Å². The first-order chi connectivity index (χ1) is 15.9. The Bertz CT molecular complexity index is 1190. The van der Waals surface area contributed by atoms with Gasteiger partial charge in [-0.15, -0.1) is 0 Å². The minimum atomic E-state index is -0.129. The summed E-state index contributed by atoms with van der Waals surface area (Å²) in [5.41, 5.74) is 9.27. The fourth-order valence-electron chi connectivity index (χ4n) is 5.12. The number of piperidine rings is 1. The monoisotopic (exact) mass is 470 g/mol. The molecule has 2 saturated heterocycles. The summed E-state index contributed by atoms with van der Waals surface area (Å²) in [5, 5.41) is 9.49. The Balaban J connectivity index is 1.50. The third-order valence-electron chi connectivity index (χ3n) is 6.86. The Kier molecular flexibility index (Phi) is 5.78. The number of likely N-dealkylation sites (tertiary alicyclic amines) is 1. The number of hydrogen-bond acceptors (Lipinski definition) is 6. The van der Waals surface area contributed by atoms with Gasteiger partial charge in [-0.1, -0.05) is 18.5 Å². The van der Waals surface area contributed by atoms with E-state index in [0.717, 1.165) is 55.1 Å². The number of carbonyl (C=O) groups is 1. The Morgan fingerprint density at radius 2 is 2.09 bits per heavy atom. The zero-order chi connectivity index (χ0) is 23.3. The number of halogens is 1. The van der Waals surface area contributed by atoms with Crippen LogP contribution in [0.3, 0.4) is 0 Å². The van der Waals surface area contributed by atoms with Gasteiger partial charge in [0.2, 0.25) is 0 Å². The van der Waals surface area contributed by atoms with Crippen molar-refractivity contribution >= 4 is 29.0 Å². The summed E-state index contributed by atoms with van der Waals surface area (Å²) in [7, 11) is 0. The number of carbonyl (C=O) groups excluding carboxylic acids is 1. The first kappa shape index (κ1) is 22.2. The van der Waals surface area contributed by atoms with Gasteiger partial charge in [-0.05, 0) is 39.0 Å². The van der Waals surface area contributed by atoms with Crippen molar-refractivity contribution in [3.05, 3.63) is 40.4 Å². The molecule has 1 amide bonds. The number of fused-ring (bicyclic) bond motifs is 1. The molecule has 9 nitrogen and oxygen atoms in total. The summed E-state index contributed by atoms with van der Waals surface area (Å²) >= 11 is 6.37. The van der Waals surface area contributed by atoms with Gasteiger partial charge >= 0.3 is 0 Å². The lowest BCUT2D eigenvalue weighted by molar-refractivity contribution is 0.0525. The number of nitrogens with zero attached hydrogens (tertiary/aromatic N) is 7. The highest BCUT2D eigenvalue weighted by molar-refractivity contribution is 6.33. The van der Waals surface area contributed by atoms with Crippen LogP contribution >= 0.6 is 11.6 Å². The molecule has 3 aromatic heterocycles. The average Bonchev–Trinajstić information content (AvgIpc) is 3.50. The Morgan fingerprint density at radius 1 is 1.27 bits per heavy atom. The maximum absolute atomic E-state index is 13.6. The second-order valence-corrected chi connectivity index (χ2v) is 9.83. The van der Waals surface area contributed by atoms with Crippen molar-refractivity contribution in [2.24, 2.45) is 11.7 Å².